The Morgan fingerprint density at radius 1 is 1.21 bits per heavy atom. The van der Waals surface area contributed by atoms with Crippen LogP contribution < -0.4 is 5.32 Å². The van der Waals surface area contributed by atoms with Crippen molar-refractivity contribution in [2.45, 2.75) is 31.1 Å². The summed E-state index contributed by atoms with van der Waals surface area (Å²) in [4.78, 5) is 4.44. The van der Waals surface area contributed by atoms with Crippen molar-refractivity contribution in [3.05, 3.63) is 11.7 Å². The fourth-order valence-electron chi connectivity index (χ4n) is 1.79. The predicted molar refractivity (Wildman–Crippen MR) is 53.7 cm³/mol. The van der Waals surface area contributed by atoms with Gasteiger partial charge in [-0.15, -0.1) is 12.4 Å². The zero-order valence-electron chi connectivity index (χ0n) is 7.90. The van der Waals surface area contributed by atoms with Gasteiger partial charge in [-0.25, -0.2) is 0 Å². The van der Waals surface area contributed by atoms with E-state index in [0.29, 0.717) is 11.8 Å². The van der Waals surface area contributed by atoms with E-state index in [9.17, 15) is 0 Å². The Morgan fingerprint density at radius 3 is 2.71 bits per heavy atom. The van der Waals surface area contributed by atoms with E-state index >= 15 is 0 Å². The first-order chi connectivity index (χ1) is 6.43. The van der Waals surface area contributed by atoms with Crippen molar-refractivity contribution in [1.82, 2.24) is 15.5 Å². The van der Waals surface area contributed by atoms with Crippen molar-refractivity contribution in [2.75, 3.05) is 13.1 Å². The molecule has 0 aromatic carbocycles. The van der Waals surface area contributed by atoms with Gasteiger partial charge >= 0.3 is 0 Å². The fourth-order valence-corrected chi connectivity index (χ4v) is 1.79. The van der Waals surface area contributed by atoms with Crippen LogP contribution in [0.25, 0.3) is 0 Å². The summed E-state index contributed by atoms with van der Waals surface area (Å²) >= 11 is 0. The SMILES string of the molecule is C1C[C@@H](c2nc(C3CC3)no2)CN1.Cl. The van der Waals surface area contributed by atoms with Crippen molar-refractivity contribution in [3.8, 4) is 0 Å². The molecule has 2 fully saturated rings. The van der Waals surface area contributed by atoms with E-state index in [1.165, 1.54) is 12.8 Å². The molecule has 2 heterocycles. The van der Waals surface area contributed by atoms with Gasteiger partial charge < -0.3 is 9.84 Å². The molecule has 4 nitrogen and oxygen atoms in total. The summed E-state index contributed by atoms with van der Waals surface area (Å²) in [5.74, 6) is 2.83. The normalized spacial score (nSPS) is 26.1. The first-order valence-electron chi connectivity index (χ1n) is 4.97. The van der Waals surface area contributed by atoms with Crippen molar-refractivity contribution >= 4 is 12.4 Å². The van der Waals surface area contributed by atoms with Crippen LogP contribution in [0.1, 0.15) is 42.8 Å². The molecular formula is C9H14ClN3O. The summed E-state index contributed by atoms with van der Waals surface area (Å²) in [6, 6.07) is 0. The molecule has 0 radical (unpaired) electrons. The van der Waals surface area contributed by atoms with Gasteiger partial charge in [0.25, 0.3) is 0 Å². The highest BCUT2D eigenvalue weighted by Gasteiger charge is 2.30. The third-order valence-electron chi connectivity index (χ3n) is 2.81. The summed E-state index contributed by atoms with van der Waals surface area (Å²) in [7, 11) is 0. The Labute approximate surface area is 88.9 Å². The fraction of sp³-hybridized carbons (Fsp3) is 0.778. The molecule has 0 bridgehead atoms. The Morgan fingerprint density at radius 2 is 2.07 bits per heavy atom. The van der Waals surface area contributed by atoms with Crippen LogP contribution in [0.4, 0.5) is 0 Å². The van der Waals surface area contributed by atoms with E-state index in [2.05, 4.69) is 15.5 Å². The average Bonchev–Trinajstić information content (AvgIpc) is 2.72. The van der Waals surface area contributed by atoms with Crippen LogP contribution in [0.3, 0.4) is 0 Å². The molecule has 3 rings (SSSR count). The highest BCUT2D eigenvalue weighted by atomic mass is 35.5. The molecule has 0 unspecified atom stereocenters. The Balaban J connectivity index is 0.000000750. The Kier molecular flexibility index (Phi) is 2.74. The minimum atomic E-state index is 0. The number of halogens is 1. The number of nitrogens with zero attached hydrogens (tertiary/aromatic N) is 2. The van der Waals surface area contributed by atoms with Gasteiger partial charge in [-0.05, 0) is 25.8 Å². The molecule has 78 valence electrons. The van der Waals surface area contributed by atoms with Crippen molar-refractivity contribution in [2.24, 2.45) is 0 Å². The lowest BCUT2D eigenvalue weighted by atomic mass is 10.1. The van der Waals surface area contributed by atoms with Gasteiger partial charge in [0.1, 0.15) is 0 Å². The summed E-state index contributed by atoms with van der Waals surface area (Å²) in [5, 5.41) is 7.31. The van der Waals surface area contributed by atoms with Crippen LogP contribution in [-0.2, 0) is 0 Å². The molecule has 2 aliphatic rings. The summed E-state index contributed by atoms with van der Waals surface area (Å²) in [6.45, 7) is 2.07. The minimum Gasteiger partial charge on any atom is -0.339 e. The van der Waals surface area contributed by atoms with Crippen molar-refractivity contribution in [1.29, 1.82) is 0 Å². The summed E-state index contributed by atoms with van der Waals surface area (Å²) in [6.07, 6.45) is 3.61. The van der Waals surface area contributed by atoms with Gasteiger partial charge in [0.2, 0.25) is 5.89 Å². The Hall–Kier alpha value is -0.610. The first-order valence-corrected chi connectivity index (χ1v) is 4.97. The molecule has 1 aromatic rings. The number of hydrogen-bond acceptors (Lipinski definition) is 4. The highest BCUT2D eigenvalue weighted by Crippen LogP contribution is 2.38. The van der Waals surface area contributed by atoms with Crippen LogP contribution >= 0.6 is 12.4 Å². The van der Waals surface area contributed by atoms with Gasteiger partial charge in [0, 0.05) is 12.5 Å². The maximum absolute atomic E-state index is 5.25. The molecular weight excluding hydrogens is 202 g/mol. The van der Waals surface area contributed by atoms with Crippen LogP contribution in [0.5, 0.6) is 0 Å². The molecule has 1 N–H and O–H groups in total. The third-order valence-corrected chi connectivity index (χ3v) is 2.81. The molecule has 5 heteroatoms. The van der Waals surface area contributed by atoms with Crippen LogP contribution in [0, 0.1) is 0 Å². The number of hydrogen-bond donors (Lipinski definition) is 1. The summed E-state index contributed by atoms with van der Waals surface area (Å²) < 4.78 is 5.25. The second-order valence-electron chi connectivity index (χ2n) is 3.95. The maximum atomic E-state index is 5.25. The second-order valence-corrected chi connectivity index (χ2v) is 3.95. The lowest BCUT2D eigenvalue weighted by Gasteiger charge is -1.98. The number of nitrogens with one attached hydrogen (secondary N) is 1. The highest BCUT2D eigenvalue weighted by molar-refractivity contribution is 5.85. The second kappa shape index (κ2) is 3.87. The molecule has 1 saturated heterocycles. The monoisotopic (exact) mass is 215 g/mol. The Bertz CT molecular complexity index is 305. The van der Waals surface area contributed by atoms with Gasteiger partial charge in [-0.1, -0.05) is 5.16 Å². The van der Waals surface area contributed by atoms with Gasteiger partial charge in [0.05, 0.1) is 5.92 Å². The van der Waals surface area contributed by atoms with E-state index in [-0.39, 0.29) is 12.4 Å². The molecule has 1 aliphatic heterocycles. The maximum Gasteiger partial charge on any atom is 0.231 e. The first kappa shape index (κ1) is 9.93. The number of rotatable bonds is 2. The van der Waals surface area contributed by atoms with Gasteiger partial charge in [0.15, 0.2) is 5.82 Å². The topological polar surface area (TPSA) is 51.0 Å². The lowest BCUT2D eigenvalue weighted by Crippen LogP contribution is -2.08. The smallest absolute Gasteiger partial charge is 0.231 e. The minimum absolute atomic E-state index is 0. The molecule has 1 aromatic heterocycles. The van der Waals surface area contributed by atoms with Gasteiger partial charge in [-0.2, -0.15) is 4.98 Å². The third kappa shape index (κ3) is 1.77. The molecule has 1 saturated carbocycles. The van der Waals surface area contributed by atoms with E-state index in [1.807, 2.05) is 0 Å². The van der Waals surface area contributed by atoms with E-state index in [4.69, 9.17) is 4.52 Å². The molecule has 1 aliphatic carbocycles. The van der Waals surface area contributed by atoms with Crippen LogP contribution in [0.15, 0.2) is 4.52 Å². The van der Waals surface area contributed by atoms with E-state index in [0.717, 1.165) is 31.2 Å². The molecule has 0 amide bonds. The molecule has 1 atom stereocenters. The molecule has 14 heavy (non-hydrogen) atoms. The number of aromatic nitrogens is 2. The van der Waals surface area contributed by atoms with Crippen molar-refractivity contribution < 1.29 is 4.52 Å². The zero-order chi connectivity index (χ0) is 8.67. The quantitative estimate of drug-likeness (QED) is 0.811. The predicted octanol–water partition coefficient (Wildman–Crippen LogP) is 1.45. The molecule has 0 spiro atoms. The van der Waals surface area contributed by atoms with E-state index in [1.54, 1.807) is 0 Å². The average molecular weight is 216 g/mol. The van der Waals surface area contributed by atoms with Crippen LogP contribution in [0.2, 0.25) is 0 Å². The van der Waals surface area contributed by atoms with Gasteiger partial charge in [-0.3, -0.25) is 0 Å². The van der Waals surface area contributed by atoms with Crippen molar-refractivity contribution in [3.63, 3.8) is 0 Å². The largest absolute Gasteiger partial charge is 0.339 e. The standard InChI is InChI=1S/C9H13N3O.ClH/c1-2-6(1)8-11-9(13-12-8)7-3-4-10-5-7;/h6-7,10H,1-5H2;1H/t7-;/m1./s1. The van der Waals surface area contributed by atoms with Crippen LogP contribution in [-0.4, -0.2) is 23.2 Å². The van der Waals surface area contributed by atoms with E-state index < -0.39 is 0 Å². The summed E-state index contributed by atoms with van der Waals surface area (Å²) in [5.41, 5.74) is 0. The zero-order valence-corrected chi connectivity index (χ0v) is 8.72. The lowest BCUT2D eigenvalue weighted by molar-refractivity contribution is 0.354.